The molecule has 1 aromatic heterocycles. The Morgan fingerprint density at radius 3 is 2.15 bits per heavy atom. The standard InChI is InChI=1S/C45H52N4O11S/c1-8-9-20-57-40(54)36-23-31-21-27(10-19-35(31)61-36)25-49(26-38(51)52)37(50)24-30-12-11-29-22-33(17-18-34(29)30)58-39(53)28-13-15-32(16-14-28)46-41(47-42(55)59-44(2,3)4)48-43(56)60-45(5,6)7/h10,13-19,21-23,30H,8-9,11-12,20,24-26H2,1-7H3,(H,51,52)(H2,46,47,48,55,56). The summed E-state index contributed by atoms with van der Waals surface area (Å²) in [5.74, 6) is -2.53. The van der Waals surface area contributed by atoms with Crippen LogP contribution in [-0.4, -0.2) is 76.3 Å². The van der Waals surface area contributed by atoms with Crippen LogP contribution in [0.1, 0.15) is 117 Å². The third-order valence-corrected chi connectivity index (χ3v) is 10.2. The van der Waals surface area contributed by atoms with Crippen molar-refractivity contribution in [2.45, 2.75) is 104 Å². The quantitative estimate of drug-likeness (QED) is 0.0290. The molecule has 1 heterocycles. The van der Waals surface area contributed by atoms with Crippen LogP contribution in [0.25, 0.3) is 10.1 Å². The van der Waals surface area contributed by atoms with Gasteiger partial charge in [0.05, 0.1) is 17.9 Å². The average Bonchev–Trinajstić information content (AvgIpc) is 3.76. The van der Waals surface area contributed by atoms with Crippen LogP contribution in [0.5, 0.6) is 5.75 Å². The van der Waals surface area contributed by atoms with Crippen LogP contribution in [0.2, 0.25) is 0 Å². The Labute approximate surface area is 358 Å². The van der Waals surface area contributed by atoms with Crippen molar-refractivity contribution in [1.82, 2.24) is 15.5 Å². The number of hydrogen-bond donors (Lipinski definition) is 3. The molecule has 0 spiro atoms. The lowest BCUT2D eigenvalue weighted by molar-refractivity contribution is -0.145. The molecule has 324 valence electrons. The second-order valence-electron chi connectivity index (χ2n) is 16.6. The molecule has 1 atom stereocenters. The fraction of sp³-hybridized carbons (Fsp3) is 0.400. The van der Waals surface area contributed by atoms with Gasteiger partial charge in [-0.2, -0.15) is 0 Å². The normalized spacial score (nSPS) is 13.4. The lowest BCUT2D eigenvalue weighted by Gasteiger charge is -2.23. The molecule has 1 aliphatic carbocycles. The van der Waals surface area contributed by atoms with Crippen molar-refractivity contribution >= 4 is 69.1 Å². The number of esters is 2. The summed E-state index contributed by atoms with van der Waals surface area (Å²) in [5.41, 5.74) is 1.48. The highest BCUT2D eigenvalue weighted by atomic mass is 32.1. The van der Waals surface area contributed by atoms with Gasteiger partial charge < -0.3 is 29.0 Å². The third kappa shape index (κ3) is 13.9. The van der Waals surface area contributed by atoms with Crippen LogP contribution in [0, 0.1) is 0 Å². The highest BCUT2D eigenvalue weighted by Gasteiger charge is 2.29. The Kier molecular flexibility index (Phi) is 14.9. The largest absolute Gasteiger partial charge is 0.480 e. The summed E-state index contributed by atoms with van der Waals surface area (Å²) in [5, 5.41) is 15.3. The first-order valence-electron chi connectivity index (χ1n) is 20.0. The van der Waals surface area contributed by atoms with E-state index in [0.29, 0.717) is 30.1 Å². The summed E-state index contributed by atoms with van der Waals surface area (Å²) in [4.78, 5) is 82.2. The van der Waals surface area contributed by atoms with Crippen molar-refractivity contribution < 1.29 is 52.8 Å². The molecule has 0 bridgehead atoms. The molecule has 61 heavy (non-hydrogen) atoms. The van der Waals surface area contributed by atoms with Gasteiger partial charge in [-0.3, -0.25) is 20.2 Å². The number of carbonyl (C=O) groups is 6. The van der Waals surface area contributed by atoms with Crippen LogP contribution in [0.15, 0.2) is 71.7 Å². The molecule has 15 nitrogen and oxygen atoms in total. The second-order valence-corrected chi connectivity index (χ2v) is 17.7. The molecule has 3 amide bonds. The van der Waals surface area contributed by atoms with E-state index in [1.165, 1.54) is 40.5 Å². The number of benzene rings is 3. The van der Waals surface area contributed by atoms with Crippen LogP contribution >= 0.6 is 11.3 Å². The number of nitrogens with zero attached hydrogens (tertiary/aromatic N) is 2. The number of aryl methyl sites for hydroxylation is 1. The molecule has 3 N–H and O–H groups in total. The molecule has 3 aromatic carbocycles. The van der Waals surface area contributed by atoms with Crippen molar-refractivity contribution in [3.63, 3.8) is 0 Å². The van der Waals surface area contributed by atoms with Crippen molar-refractivity contribution in [3.05, 3.63) is 93.9 Å². The number of amides is 3. The molecule has 0 saturated carbocycles. The summed E-state index contributed by atoms with van der Waals surface area (Å²) in [7, 11) is 0. The van der Waals surface area contributed by atoms with E-state index in [-0.39, 0.29) is 48.0 Å². The molecule has 1 unspecified atom stereocenters. The number of thiophene rings is 1. The molecule has 0 fully saturated rings. The Balaban J connectivity index is 1.21. The number of unbranched alkanes of at least 4 members (excludes halogenated alkanes) is 1. The van der Waals surface area contributed by atoms with E-state index in [1.807, 2.05) is 31.2 Å². The fourth-order valence-corrected chi connectivity index (χ4v) is 7.38. The zero-order valence-corrected chi connectivity index (χ0v) is 36.2. The number of guanidine groups is 1. The number of carbonyl (C=O) groups excluding carboxylic acids is 5. The number of hydrogen-bond acceptors (Lipinski definition) is 12. The summed E-state index contributed by atoms with van der Waals surface area (Å²) in [6, 6.07) is 18.6. The number of aliphatic imine (C=N–C) groups is 1. The first-order valence-corrected chi connectivity index (χ1v) is 20.8. The first-order chi connectivity index (χ1) is 28.7. The van der Waals surface area contributed by atoms with Gasteiger partial charge in [0.15, 0.2) is 0 Å². The zero-order valence-electron chi connectivity index (χ0n) is 35.4. The van der Waals surface area contributed by atoms with Gasteiger partial charge in [-0.05, 0) is 143 Å². The Bertz CT molecular complexity index is 2270. The van der Waals surface area contributed by atoms with E-state index in [4.69, 9.17) is 18.9 Å². The summed E-state index contributed by atoms with van der Waals surface area (Å²) in [6.45, 7) is 12.1. The zero-order chi connectivity index (χ0) is 44.5. The van der Waals surface area contributed by atoms with Gasteiger partial charge >= 0.3 is 30.1 Å². The van der Waals surface area contributed by atoms with Gasteiger partial charge in [0.2, 0.25) is 11.9 Å². The van der Waals surface area contributed by atoms with Gasteiger partial charge in [0, 0.05) is 17.7 Å². The van der Waals surface area contributed by atoms with E-state index in [9.17, 15) is 33.9 Å². The van der Waals surface area contributed by atoms with E-state index in [1.54, 1.807) is 59.7 Å². The van der Waals surface area contributed by atoms with E-state index in [2.05, 4.69) is 15.6 Å². The number of alkyl carbamates (subject to hydrolysis) is 2. The molecule has 0 radical (unpaired) electrons. The van der Waals surface area contributed by atoms with Gasteiger partial charge in [0.1, 0.15) is 28.4 Å². The maximum Gasteiger partial charge on any atom is 0.414 e. The summed E-state index contributed by atoms with van der Waals surface area (Å²) in [6.07, 6.45) is 1.40. The predicted octanol–water partition coefficient (Wildman–Crippen LogP) is 8.65. The molecule has 1 aliphatic rings. The van der Waals surface area contributed by atoms with Crippen molar-refractivity contribution in [2.24, 2.45) is 4.99 Å². The SMILES string of the molecule is CCCCOC(=O)c1cc2cc(CN(CC(=O)O)C(=O)CC3CCc4cc(OC(=O)c5ccc(N=C(NC(=O)OC(C)(C)C)NC(=O)OC(C)(C)C)cc5)ccc43)ccc2s1. The maximum atomic E-state index is 13.7. The monoisotopic (exact) mass is 856 g/mol. The lowest BCUT2D eigenvalue weighted by atomic mass is 9.97. The molecule has 0 saturated heterocycles. The third-order valence-electron chi connectivity index (χ3n) is 9.10. The molecule has 4 aromatic rings. The van der Waals surface area contributed by atoms with E-state index in [0.717, 1.165) is 39.6 Å². The van der Waals surface area contributed by atoms with Gasteiger partial charge in [0.25, 0.3) is 0 Å². The number of aliphatic carboxylic acids is 1. The Morgan fingerprint density at radius 1 is 0.852 bits per heavy atom. The Hall–Kier alpha value is -6.29. The number of ether oxygens (including phenoxy) is 4. The molecular weight excluding hydrogens is 805 g/mol. The highest BCUT2D eigenvalue weighted by Crippen LogP contribution is 2.38. The molecule has 0 aliphatic heterocycles. The summed E-state index contributed by atoms with van der Waals surface area (Å²) >= 11 is 1.32. The predicted molar refractivity (Wildman–Crippen MR) is 229 cm³/mol. The van der Waals surface area contributed by atoms with Gasteiger partial charge in [-0.1, -0.05) is 25.5 Å². The number of carboxylic acid groups (broad SMARTS) is 1. The van der Waals surface area contributed by atoms with Crippen LogP contribution in [-0.2, 0) is 36.8 Å². The van der Waals surface area contributed by atoms with Crippen LogP contribution in [0.3, 0.4) is 0 Å². The number of rotatable bonds is 13. The molecule has 5 rings (SSSR count). The maximum absolute atomic E-state index is 13.7. The van der Waals surface area contributed by atoms with Crippen LogP contribution in [0.4, 0.5) is 15.3 Å². The summed E-state index contributed by atoms with van der Waals surface area (Å²) < 4.78 is 22.5. The second kappa shape index (κ2) is 19.8. The first kappa shape index (κ1) is 45.8. The fourth-order valence-electron chi connectivity index (χ4n) is 6.44. The molecule has 16 heteroatoms. The topological polar surface area (TPSA) is 199 Å². The average molecular weight is 857 g/mol. The number of fused-ring (bicyclic) bond motifs is 2. The van der Waals surface area contributed by atoms with Crippen molar-refractivity contribution in [1.29, 1.82) is 0 Å². The number of nitrogens with one attached hydrogen (secondary N) is 2. The van der Waals surface area contributed by atoms with E-state index < -0.39 is 41.9 Å². The minimum atomic E-state index is -1.13. The lowest BCUT2D eigenvalue weighted by Crippen LogP contribution is -2.47. The Morgan fingerprint density at radius 2 is 1.52 bits per heavy atom. The smallest absolute Gasteiger partial charge is 0.414 e. The minimum Gasteiger partial charge on any atom is -0.480 e. The molecular formula is C45H52N4O11S. The number of carboxylic acids is 1. The van der Waals surface area contributed by atoms with E-state index >= 15 is 0 Å². The van der Waals surface area contributed by atoms with Crippen molar-refractivity contribution in [2.75, 3.05) is 13.2 Å². The van der Waals surface area contributed by atoms with Gasteiger partial charge in [-0.25, -0.2) is 24.2 Å². The highest BCUT2D eigenvalue weighted by molar-refractivity contribution is 7.20. The van der Waals surface area contributed by atoms with Crippen LogP contribution < -0.4 is 15.4 Å². The minimum absolute atomic E-state index is 0.0854. The van der Waals surface area contributed by atoms with Gasteiger partial charge in [-0.15, -0.1) is 11.3 Å². The van der Waals surface area contributed by atoms with Crippen molar-refractivity contribution in [3.8, 4) is 5.75 Å².